The monoisotopic (exact) mass is 548 g/mol. The van der Waals surface area contributed by atoms with Crippen molar-refractivity contribution in [3.05, 3.63) is 68.8 Å². The van der Waals surface area contributed by atoms with Crippen molar-refractivity contribution in [1.29, 1.82) is 0 Å². The van der Waals surface area contributed by atoms with Gasteiger partial charge in [-0.2, -0.15) is 0 Å². The first-order valence-electron chi connectivity index (χ1n) is 10.7. The lowest BCUT2D eigenvalue weighted by molar-refractivity contribution is -0.140. The number of ketones is 1. The van der Waals surface area contributed by atoms with E-state index < -0.39 is 17.7 Å². The molecule has 1 aliphatic rings. The van der Waals surface area contributed by atoms with E-state index in [1.165, 1.54) is 0 Å². The summed E-state index contributed by atoms with van der Waals surface area (Å²) in [7, 11) is 3.83. The maximum absolute atomic E-state index is 13.1. The van der Waals surface area contributed by atoms with Crippen molar-refractivity contribution in [3.63, 3.8) is 0 Å². The minimum absolute atomic E-state index is 0.112. The molecule has 1 amide bonds. The molecule has 0 saturated carbocycles. The van der Waals surface area contributed by atoms with Crippen LogP contribution in [0.3, 0.4) is 0 Å². The van der Waals surface area contributed by atoms with Gasteiger partial charge in [0.1, 0.15) is 11.5 Å². The van der Waals surface area contributed by atoms with Crippen LogP contribution in [-0.4, -0.2) is 60.4 Å². The third-order valence-corrected chi connectivity index (χ3v) is 6.11. The fourth-order valence-corrected chi connectivity index (χ4v) is 3.99. The van der Waals surface area contributed by atoms with Crippen molar-refractivity contribution < 1.29 is 19.4 Å². The van der Waals surface area contributed by atoms with E-state index in [1.807, 2.05) is 49.3 Å². The van der Waals surface area contributed by atoms with Gasteiger partial charge in [0.05, 0.1) is 18.2 Å². The number of benzene rings is 2. The number of likely N-dealkylation sites (N-methyl/N-ethyl adjacent to an activating group) is 1. The number of hydrogen-bond acceptors (Lipinski definition) is 5. The van der Waals surface area contributed by atoms with Crippen LogP contribution < -0.4 is 4.74 Å². The van der Waals surface area contributed by atoms with E-state index in [0.29, 0.717) is 31.0 Å². The number of aliphatic hydroxyl groups excluding tert-OH is 1. The summed E-state index contributed by atoms with van der Waals surface area (Å²) in [5.41, 5.74) is 1.36. The molecular weight excluding hydrogens is 519 g/mol. The molecule has 1 saturated heterocycles. The number of carbonyl (C=O) groups is 2. The predicted octanol–water partition coefficient (Wildman–Crippen LogP) is 4.45. The Kier molecular flexibility index (Phi) is 8.31. The third-order valence-electron chi connectivity index (χ3n) is 5.39. The van der Waals surface area contributed by atoms with Crippen LogP contribution in [0, 0.1) is 3.57 Å². The predicted molar refractivity (Wildman–Crippen MR) is 134 cm³/mol. The minimum atomic E-state index is -0.665. The Labute approximate surface area is 203 Å². The number of ether oxygens (including phenoxy) is 1. The van der Waals surface area contributed by atoms with Gasteiger partial charge in [-0.3, -0.25) is 9.59 Å². The average Bonchev–Trinajstić information content (AvgIpc) is 3.03. The van der Waals surface area contributed by atoms with Crippen molar-refractivity contribution >= 4 is 40.0 Å². The first kappa shape index (κ1) is 24.3. The topological polar surface area (TPSA) is 70.1 Å². The number of likely N-dealkylation sites (tertiary alicyclic amines) is 1. The molecule has 0 aromatic heterocycles. The summed E-state index contributed by atoms with van der Waals surface area (Å²) in [6, 6.07) is 14.1. The molecule has 0 radical (unpaired) electrons. The maximum Gasteiger partial charge on any atom is 0.295 e. The highest BCUT2D eigenvalue weighted by atomic mass is 127. The van der Waals surface area contributed by atoms with E-state index in [1.54, 1.807) is 23.1 Å². The first-order valence-corrected chi connectivity index (χ1v) is 11.8. The highest BCUT2D eigenvalue weighted by Gasteiger charge is 2.45. The van der Waals surface area contributed by atoms with Crippen LogP contribution in [0.5, 0.6) is 5.75 Å². The fourth-order valence-electron chi connectivity index (χ4n) is 3.63. The van der Waals surface area contributed by atoms with Gasteiger partial charge in [-0.1, -0.05) is 37.6 Å². The molecule has 7 heteroatoms. The van der Waals surface area contributed by atoms with Crippen LogP contribution in [0.4, 0.5) is 0 Å². The van der Waals surface area contributed by atoms with Gasteiger partial charge in [-0.15, -0.1) is 0 Å². The van der Waals surface area contributed by atoms with Gasteiger partial charge in [0, 0.05) is 22.2 Å². The van der Waals surface area contributed by atoms with E-state index in [-0.39, 0.29) is 11.3 Å². The molecule has 1 N–H and O–H groups in total. The molecule has 6 nitrogen and oxygen atoms in total. The zero-order valence-electron chi connectivity index (χ0n) is 18.7. The van der Waals surface area contributed by atoms with Gasteiger partial charge in [-0.05, 0) is 72.9 Å². The van der Waals surface area contributed by atoms with Crippen molar-refractivity contribution in [1.82, 2.24) is 9.80 Å². The van der Waals surface area contributed by atoms with Crippen LogP contribution in [0.1, 0.15) is 36.9 Å². The number of halogens is 1. The van der Waals surface area contributed by atoms with Gasteiger partial charge >= 0.3 is 0 Å². The molecule has 1 fully saturated rings. The Morgan fingerprint density at radius 3 is 2.53 bits per heavy atom. The zero-order chi connectivity index (χ0) is 23.3. The van der Waals surface area contributed by atoms with Gasteiger partial charge in [0.2, 0.25) is 0 Å². The average molecular weight is 548 g/mol. The summed E-state index contributed by atoms with van der Waals surface area (Å²) in [5.74, 6) is -0.815. The van der Waals surface area contributed by atoms with E-state index >= 15 is 0 Å². The van der Waals surface area contributed by atoms with E-state index in [2.05, 4.69) is 29.5 Å². The quantitative estimate of drug-likeness (QED) is 0.165. The van der Waals surface area contributed by atoms with Crippen LogP contribution in [0.15, 0.2) is 54.1 Å². The molecule has 0 aliphatic carbocycles. The third kappa shape index (κ3) is 5.50. The Hall–Kier alpha value is -2.39. The summed E-state index contributed by atoms with van der Waals surface area (Å²) >= 11 is 2.21. The number of amides is 1. The molecular formula is C25H29IN2O4. The lowest BCUT2D eigenvalue weighted by Crippen LogP contribution is -2.35. The summed E-state index contributed by atoms with van der Waals surface area (Å²) in [6.45, 7) is 3.66. The van der Waals surface area contributed by atoms with Gasteiger partial charge in [-0.25, -0.2) is 0 Å². The number of rotatable bonds is 9. The second kappa shape index (κ2) is 11.0. The molecule has 1 atom stereocenters. The number of aliphatic hydroxyl groups is 1. The molecule has 32 heavy (non-hydrogen) atoms. The molecule has 0 spiro atoms. The van der Waals surface area contributed by atoms with Gasteiger partial charge in [0.15, 0.2) is 0 Å². The fraction of sp³-hybridized carbons (Fsp3) is 0.360. The van der Waals surface area contributed by atoms with Crippen molar-refractivity contribution in [2.75, 3.05) is 33.8 Å². The minimum Gasteiger partial charge on any atom is -0.507 e. The zero-order valence-corrected chi connectivity index (χ0v) is 20.8. The largest absolute Gasteiger partial charge is 0.507 e. The van der Waals surface area contributed by atoms with Crippen molar-refractivity contribution in [3.8, 4) is 5.75 Å². The highest BCUT2D eigenvalue weighted by Crippen LogP contribution is 2.39. The van der Waals surface area contributed by atoms with Gasteiger partial charge in [0.25, 0.3) is 11.7 Å². The molecule has 1 unspecified atom stereocenters. The number of unbranched alkanes of at least 4 members (excludes halogenated alkanes) is 1. The normalized spacial score (nSPS) is 17.9. The van der Waals surface area contributed by atoms with Crippen molar-refractivity contribution in [2.45, 2.75) is 25.8 Å². The summed E-state index contributed by atoms with van der Waals surface area (Å²) in [5, 5.41) is 11.2. The summed E-state index contributed by atoms with van der Waals surface area (Å²) in [6.07, 6.45) is 1.95. The van der Waals surface area contributed by atoms with E-state index in [9.17, 15) is 14.7 Å². The lowest BCUT2D eigenvalue weighted by atomic mass is 9.95. The SMILES string of the molecule is CCCCOc1cccc(C(O)=C2C(=O)C(=O)N(CCN(C)C)C2c2ccc(I)cc2)c1. The van der Waals surface area contributed by atoms with Crippen LogP contribution in [0.2, 0.25) is 0 Å². The van der Waals surface area contributed by atoms with Crippen LogP contribution in [-0.2, 0) is 9.59 Å². The Bertz CT molecular complexity index is 1000. The number of hydrogen-bond donors (Lipinski definition) is 1. The maximum atomic E-state index is 13.1. The molecule has 1 aliphatic heterocycles. The van der Waals surface area contributed by atoms with Gasteiger partial charge < -0.3 is 19.6 Å². The second-order valence-corrected chi connectivity index (χ2v) is 9.32. The van der Waals surface area contributed by atoms with Crippen molar-refractivity contribution in [2.24, 2.45) is 0 Å². The standard InChI is InChI=1S/C25H29IN2O4/c1-4-5-15-32-20-8-6-7-18(16-20)23(29)21-22(17-9-11-19(26)12-10-17)28(14-13-27(2)3)25(31)24(21)30/h6-12,16,22,29H,4-5,13-15H2,1-3H3. The molecule has 2 aromatic carbocycles. The number of Topliss-reactive ketones (excluding diaryl/α,β-unsaturated/α-hetero) is 1. The lowest BCUT2D eigenvalue weighted by Gasteiger charge is -2.26. The Morgan fingerprint density at radius 1 is 1.16 bits per heavy atom. The van der Waals surface area contributed by atoms with Crippen LogP contribution >= 0.6 is 22.6 Å². The smallest absolute Gasteiger partial charge is 0.295 e. The molecule has 0 bridgehead atoms. The summed E-state index contributed by atoms with van der Waals surface area (Å²) < 4.78 is 6.81. The second-order valence-electron chi connectivity index (χ2n) is 8.08. The highest BCUT2D eigenvalue weighted by molar-refractivity contribution is 14.1. The Balaban J connectivity index is 2.05. The Morgan fingerprint density at radius 2 is 1.88 bits per heavy atom. The van der Waals surface area contributed by atoms with E-state index in [4.69, 9.17) is 4.74 Å². The molecule has 1 heterocycles. The molecule has 3 rings (SSSR count). The first-order chi connectivity index (χ1) is 15.3. The molecule has 170 valence electrons. The number of carbonyl (C=O) groups excluding carboxylic acids is 2. The summed E-state index contributed by atoms with van der Waals surface area (Å²) in [4.78, 5) is 29.5. The van der Waals surface area contributed by atoms with E-state index in [0.717, 1.165) is 22.0 Å². The number of nitrogens with zero attached hydrogens (tertiary/aromatic N) is 2. The van der Waals surface area contributed by atoms with Crippen LogP contribution in [0.25, 0.3) is 5.76 Å². The molecule has 2 aromatic rings.